The summed E-state index contributed by atoms with van der Waals surface area (Å²) in [7, 11) is 0. The topological polar surface area (TPSA) is 121 Å². The number of carbonyl (C=O) groups is 3. The van der Waals surface area contributed by atoms with Gasteiger partial charge < -0.3 is 20.1 Å². The number of benzene rings is 1. The van der Waals surface area contributed by atoms with Gasteiger partial charge in [-0.3, -0.25) is 14.4 Å². The van der Waals surface area contributed by atoms with Gasteiger partial charge in [0.2, 0.25) is 0 Å². The molecule has 7 rings (SSSR count). The van der Waals surface area contributed by atoms with Gasteiger partial charge in [-0.2, -0.15) is 0 Å². The molecule has 0 radical (unpaired) electrons. The molecule has 4 saturated carbocycles. The maximum atomic E-state index is 13.9. The van der Waals surface area contributed by atoms with Crippen molar-refractivity contribution in [2.45, 2.75) is 139 Å². The first-order valence-corrected chi connectivity index (χ1v) is 20.3. The van der Waals surface area contributed by atoms with E-state index in [1.807, 2.05) is 18.2 Å². The van der Waals surface area contributed by atoms with Crippen molar-refractivity contribution < 1.29 is 24.2 Å². The van der Waals surface area contributed by atoms with Crippen molar-refractivity contribution in [1.29, 1.82) is 0 Å². The Bertz CT molecular complexity index is 1740. The Morgan fingerprint density at radius 3 is 2.44 bits per heavy atom. The van der Waals surface area contributed by atoms with Gasteiger partial charge in [-0.25, -0.2) is 4.98 Å². The minimum atomic E-state index is -1.14. The van der Waals surface area contributed by atoms with Crippen LogP contribution in [-0.4, -0.2) is 45.4 Å². The number of ether oxygens (including phenoxy) is 1. The summed E-state index contributed by atoms with van der Waals surface area (Å²) in [6.45, 7) is 19.0. The van der Waals surface area contributed by atoms with Crippen LogP contribution in [0, 0.1) is 56.7 Å². The number of rotatable bonds is 10. The molecule has 3 N–H and O–H groups in total. The molecule has 284 valence electrons. The van der Waals surface area contributed by atoms with Crippen molar-refractivity contribution in [1.82, 2.24) is 15.3 Å². The molecule has 8 atom stereocenters. The van der Waals surface area contributed by atoms with Gasteiger partial charge in [0.05, 0.1) is 29.4 Å². The van der Waals surface area contributed by atoms with E-state index in [2.05, 4.69) is 57.9 Å². The molecule has 8 heteroatoms. The largest absolute Gasteiger partial charge is 0.481 e. The minimum absolute atomic E-state index is 0.0395. The number of nitrogens with one attached hydrogen (secondary N) is 2. The normalized spacial score (nSPS) is 35.6. The number of imidazole rings is 1. The average molecular weight is 714 g/mol. The van der Waals surface area contributed by atoms with Crippen LogP contribution in [0.5, 0.6) is 0 Å². The molecule has 0 amide bonds. The van der Waals surface area contributed by atoms with E-state index >= 15 is 0 Å². The Hall–Kier alpha value is -3.00. The van der Waals surface area contributed by atoms with Gasteiger partial charge in [0.15, 0.2) is 5.78 Å². The molecular formula is C44H63N3O5. The molecule has 52 heavy (non-hydrogen) atoms. The van der Waals surface area contributed by atoms with Crippen LogP contribution in [0.25, 0.3) is 11.0 Å². The van der Waals surface area contributed by atoms with Crippen LogP contribution >= 0.6 is 0 Å². The quantitative estimate of drug-likeness (QED) is 0.166. The van der Waals surface area contributed by atoms with Crippen molar-refractivity contribution in [2.24, 2.45) is 56.7 Å². The summed E-state index contributed by atoms with van der Waals surface area (Å²) in [4.78, 5) is 46.9. The number of carboxylic acid groups (broad SMARTS) is 1. The second kappa shape index (κ2) is 13.1. The highest BCUT2D eigenvalue weighted by molar-refractivity contribution is 6.00. The Labute approximate surface area is 310 Å². The number of aliphatic carboxylic acids is 1. The van der Waals surface area contributed by atoms with Crippen molar-refractivity contribution >= 4 is 28.8 Å². The van der Waals surface area contributed by atoms with Crippen LogP contribution in [0.15, 0.2) is 35.4 Å². The van der Waals surface area contributed by atoms with E-state index in [1.165, 1.54) is 19.3 Å². The molecular weight excluding hydrogens is 651 g/mol. The molecule has 0 bridgehead atoms. The number of hydrogen-bond acceptors (Lipinski definition) is 6. The monoisotopic (exact) mass is 713 g/mol. The van der Waals surface area contributed by atoms with E-state index in [1.54, 1.807) is 19.4 Å². The van der Waals surface area contributed by atoms with Crippen LogP contribution in [-0.2, 0) is 25.7 Å². The highest BCUT2D eigenvalue weighted by Crippen LogP contribution is 2.73. The first kappa shape index (κ1) is 37.3. The summed E-state index contributed by atoms with van der Waals surface area (Å²) < 4.78 is 6.16. The lowest BCUT2D eigenvalue weighted by molar-refractivity contribution is -0.213. The van der Waals surface area contributed by atoms with Gasteiger partial charge in [-0.05, 0) is 136 Å². The Morgan fingerprint density at radius 2 is 1.73 bits per heavy atom. The van der Waals surface area contributed by atoms with Gasteiger partial charge in [-0.15, -0.1) is 0 Å². The van der Waals surface area contributed by atoms with Crippen LogP contribution in [0.2, 0.25) is 0 Å². The average Bonchev–Trinajstić information content (AvgIpc) is 3.62. The maximum absolute atomic E-state index is 13.9. The number of ketones is 1. The van der Waals surface area contributed by atoms with Crippen LogP contribution in [0.4, 0.5) is 0 Å². The van der Waals surface area contributed by atoms with E-state index in [-0.39, 0.29) is 40.1 Å². The molecule has 4 fully saturated rings. The van der Waals surface area contributed by atoms with Crippen molar-refractivity contribution in [3.63, 3.8) is 0 Å². The Morgan fingerprint density at radius 1 is 1.00 bits per heavy atom. The summed E-state index contributed by atoms with van der Waals surface area (Å²) in [5, 5.41) is 13.3. The van der Waals surface area contributed by atoms with Gasteiger partial charge >= 0.3 is 11.9 Å². The molecule has 5 aliphatic carbocycles. The first-order chi connectivity index (χ1) is 24.4. The number of H-pyrrole nitrogens is 1. The molecule has 1 heterocycles. The second-order valence-corrected chi connectivity index (χ2v) is 19.7. The fraction of sp³-hybridized carbons (Fsp3) is 0.727. The Balaban J connectivity index is 1.08. The first-order valence-electron chi connectivity index (χ1n) is 20.3. The number of esters is 1. The zero-order valence-corrected chi connectivity index (χ0v) is 33.0. The lowest BCUT2D eigenvalue weighted by Gasteiger charge is -2.69. The summed E-state index contributed by atoms with van der Waals surface area (Å²) >= 11 is 0. The van der Waals surface area contributed by atoms with Gasteiger partial charge in [0, 0.05) is 17.3 Å². The van der Waals surface area contributed by atoms with Gasteiger partial charge in [0.25, 0.3) is 0 Å². The zero-order chi connectivity index (χ0) is 37.4. The smallest absolute Gasteiger partial charge is 0.309 e. The molecule has 0 spiro atoms. The highest BCUT2D eigenvalue weighted by atomic mass is 16.5. The lowest BCUT2D eigenvalue weighted by atomic mass is 9.36. The number of hydrogen-bond donors (Lipinski definition) is 3. The molecule has 0 aliphatic heterocycles. The van der Waals surface area contributed by atoms with Crippen molar-refractivity contribution in [2.75, 3.05) is 6.54 Å². The number of aromatic nitrogens is 2. The molecule has 5 aliphatic rings. The minimum Gasteiger partial charge on any atom is -0.481 e. The SMILES string of the molecule is CC(C)C1=C2C3CCC4C(C)(CCC5C(C)(C)C(OC(=O)CC(C)(C)C(=O)O)CCC54C)C3CCC2(CCNCc2nc3ccccc3[nH]2)CC1=O. The van der Waals surface area contributed by atoms with E-state index in [9.17, 15) is 19.5 Å². The van der Waals surface area contributed by atoms with E-state index in [0.29, 0.717) is 42.4 Å². The van der Waals surface area contributed by atoms with E-state index in [4.69, 9.17) is 9.72 Å². The van der Waals surface area contributed by atoms with Crippen LogP contribution < -0.4 is 5.32 Å². The number of aromatic amines is 1. The fourth-order valence-corrected chi connectivity index (χ4v) is 13.2. The van der Waals surface area contributed by atoms with Crippen LogP contribution in [0.3, 0.4) is 0 Å². The van der Waals surface area contributed by atoms with E-state index < -0.39 is 17.4 Å². The zero-order valence-electron chi connectivity index (χ0n) is 33.0. The van der Waals surface area contributed by atoms with Crippen molar-refractivity contribution in [3.8, 4) is 0 Å². The Kier molecular flexibility index (Phi) is 9.40. The summed E-state index contributed by atoms with van der Waals surface area (Å²) in [5.41, 5.74) is 3.71. The molecule has 1 aromatic carbocycles. The number of carbonyl (C=O) groups excluding carboxylic acids is 2. The third-order valence-corrected chi connectivity index (χ3v) is 15.6. The second-order valence-electron chi connectivity index (χ2n) is 19.7. The summed E-state index contributed by atoms with van der Waals surface area (Å²) in [6, 6.07) is 8.16. The number of para-hydroxylation sites is 2. The summed E-state index contributed by atoms with van der Waals surface area (Å²) in [5.74, 6) is 2.27. The lowest BCUT2D eigenvalue weighted by Crippen LogP contribution is -2.63. The predicted molar refractivity (Wildman–Crippen MR) is 203 cm³/mol. The summed E-state index contributed by atoms with van der Waals surface area (Å²) in [6.07, 6.45) is 10.1. The number of fused-ring (bicyclic) bond motifs is 8. The number of Topliss-reactive ketones (excluding diaryl/α,β-unsaturated/α-hetero) is 1. The molecule has 0 saturated heterocycles. The standard InChI is InChI=1S/C44H63N3O5/c1-26(2)37-31(48)23-44(21-22-45-25-35-46-29-11-9-10-12-30(29)47-35)20-15-28-27(38(37)44)13-14-33-42(28,7)18-16-32-41(5,6)34(17-19-43(32,33)8)52-36(49)24-40(3,4)39(50)51/h9-12,26-28,32-34,45H,13-25H2,1-8H3,(H,46,47)(H,50,51). The third-order valence-electron chi connectivity index (χ3n) is 15.6. The highest BCUT2D eigenvalue weighted by Gasteiger charge is 2.66. The third kappa shape index (κ3) is 5.98. The molecule has 8 nitrogen and oxygen atoms in total. The number of nitrogens with zero attached hydrogens (tertiary/aromatic N) is 1. The molecule has 1 aromatic heterocycles. The van der Waals surface area contributed by atoms with Gasteiger partial charge in [0.1, 0.15) is 11.9 Å². The number of carboxylic acids is 1. The van der Waals surface area contributed by atoms with Crippen molar-refractivity contribution in [3.05, 3.63) is 41.2 Å². The van der Waals surface area contributed by atoms with Gasteiger partial charge in [-0.1, -0.05) is 59.2 Å². The molecule has 8 unspecified atom stereocenters. The van der Waals surface area contributed by atoms with E-state index in [0.717, 1.165) is 67.5 Å². The number of allylic oxidation sites excluding steroid dienone is 2. The predicted octanol–water partition coefficient (Wildman–Crippen LogP) is 9.05. The maximum Gasteiger partial charge on any atom is 0.309 e. The van der Waals surface area contributed by atoms with Crippen LogP contribution in [0.1, 0.15) is 132 Å². The fourth-order valence-electron chi connectivity index (χ4n) is 13.2. The molecule has 2 aromatic rings.